The summed E-state index contributed by atoms with van der Waals surface area (Å²) in [4.78, 5) is 42.8. The zero-order chi connectivity index (χ0) is 17.5. The van der Waals surface area contributed by atoms with Gasteiger partial charge in [-0.25, -0.2) is 0 Å². The molecule has 0 bridgehead atoms. The molecule has 11 nitrogen and oxygen atoms in total. The Kier molecular flexibility index (Phi) is 3.79. The fraction of sp³-hybridized carbons (Fsp3) is 0.250. The number of aromatic nitrogens is 1. The minimum atomic E-state index is -1.35. The Hall–Kier alpha value is -3.37. The molecule has 0 saturated carbocycles. The van der Waals surface area contributed by atoms with Crippen LogP contribution >= 0.6 is 0 Å². The average Bonchev–Trinajstić information content (AvgIpc) is 2.48. The number of pyridine rings is 1. The third kappa shape index (κ3) is 2.59. The summed E-state index contributed by atoms with van der Waals surface area (Å²) < 4.78 is 0.938. The lowest BCUT2D eigenvalue weighted by Crippen LogP contribution is -2.20. The molecule has 0 radical (unpaired) electrons. The Morgan fingerprint density at radius 3 is 2.13 bits per heavy atom. The molecule has 1 aromatic heterocycles. The number of nitro benzene ring substituents is 2. The van der Waals surface area contributed by atoms with Crippen molar-refractivity contribution in [3.05, 3.63) is 64.5 Å². The molecular weight excluding hydrogens is 312 g/mol. The summed E-state index contributed by atoms with van der Waals surface area (Å²) in [6, 6.07) is 1.33. The van der Waals surface area contributed by atoms with Gasteiger partial charge in [0.2, 0.25) is 6.04 Å². The molecular formula is C12H10N4O7. The van der Waals surface area contributed by atoms with Gasteiger partial charge in [0.15, 0.2) is 0 Å². The zero-order valence-corrected chi connectivity index (χ0v) is 12.0. The summed E-state index contributed by atoms with van der Waals surface area (Å²) in [5.41, 5.74) is -2.24. The second kappa shape index (κ2) is 5.44. The summed E-state index contributed by atoms with van der Waals surface area (Å²) in [6.45, 7) is 1.19. The number of benzene rings is 1. The first kappa shape index (κ1) is 16.0. The maximum atomic E-state index is 12.0. The monoisotopic (exact) mass is 322 g/mol. The van der Waals surface area contributed by atoms with Crippen molar-refractivity contribution in [2.75, 3.05) is 0 Å². The SMILES string of the molecule is C[C@@H](c1cc(=O)n(C)c2c([N+](=O)[O-])cc([N+](=O)[O-])cc12)[N+](=O)[O-]. The van der Waals surface area contributed by atoms with Gasteiger partial charge in [-0.15, -0.1) is 0 Å². The van der Waals surface area contributed by atoms with Gasteiger partial charge in [0.25, 0.3) is 16.9 Å². The molecule has 0 unspecified atom stereocenters. The topological polar surface area (TPSA) is 151 Å². The van der Waals surface area contributed by atoms with Gasteiger partial charge in [-0.2, -0.15) is 0 Å². The van der Waals surface area contributed by atoms with E-state index in [0.717, 1.165) is 22.8 Å². The molecule has 1 heterocycles. The van der Waals surface area contributed by atoms with E-state index >= 15 is 0 Å². The van der Waals surface area contributed by atoms with Crippen LogP contribution < -0.4 is 5.56 Å². The highest BCUT2D eigenvalue weighted by Gasteiger charge is 2.28. The van der Waals surface area contributed by atoms with Gasteiger partial charge in [-0.05, 0) is 0 Å². The molecule has 23 heavy (non-hydrogen) atoms. The minimum absolute atomic E-state index is 0.0720. The van der Waals surface area contributed by atoms with Crippen molar-refractivity contribution >= 4 is 22.3 Å². The van der Waals surface area contributed by atoms with E-state index in [1.165, 1.54) is 14.0 Å². The fourth-order valence-corrected chi connectivity index (χ4v) is 2.30. The average molecular weight is 322 g/mol. The maximum absolute atomic E-state index is 12.0. The van der Waals surface area contributed by atoms with E-state index in [0.29, 0.717) is 0 Å². The van der Waals surface area contributed by atoms with Crippen LogP contribution in [0.4, 0.5) is 11.4 Å². The highest BCUT2D eigenvalue weighted by molar-refractivity contribution is 5.92. The Labute approximate surface area is 127 Å². The highest BCUT2D eigenvalue weighted by atomic mass is 16.6. The molecule has 0 aliphatic heterocycles. The number of nitrogens with zero attached hydrogens (tertiary/aromatic N) is 4. The summed E-state index contributed by atoms with van der Waals surface area (Å²) in [5.74, 6) is 0. The van der Waals surface area contributed by atoms with E-state index in [9.17, 15) is 35.1 Å². The number of rotatable bonds is 4. The summed E-state index contributed by atoms with van der Waals surface area (Å²) in [7, 11) is 1.25. The van der Waals surface area contributed by atoms with Crippen molar-refractivity contribution in [3.8, 4) is 0 Å². The standard InChI is InChI=1S/C12H10N4O7/c1-6(14(18)19)8-5-11(17)13(2)12-9(8)3-7(15(20)21)4-10(12)16(22)23/h3-6H,1-2H3/t6-/m0/s1. The predicted octanol–water partition coefficient (Wildman–Crippen LogP) is 1.69. The fourth-order valence-electron chi connectivity index (χ4n) is 2.30. The lowest BCUT2D eigenvalue weighted by atomic mass is 10.0. The van der Waals surface area contributed by atoms with Crippen LogP contribution in [0.1, 0.15) is 18.5 Å². The third-order valence-electron chi connectivity index (χ3n) is 3.50. The second-order valence-corrected chi connectivity index (χ2v) is 4.83. The molecule has 11 heteroatoms. The first-order valence-electron chi connectivity index (χ1n) is 6.25. The maximum Gasteiger partial charge on any atom is 0.300 e. The predicted molar refractivity (Wildman–Crippen MR) is 77.9 cm³/mol. The number of hydrogen-bond donors (Lipinski definition) is 0. The van der Waals surface area contributed by atoms with Crippen molar-refractivity contribution < 1.29 is 14.8 Å². The van der Waals surface area contributed by atoms with Crippen LogP contribution in [0, 0.1) is 30.3 Å². The molecule has 0 spiro atoms. The number of aryl methyl sites for hydroxylation is 1. The van der Waals surface area contributed by atoms with Crippen LogP contribution in [0.3, 0.4) is 0 Å². The van der Waals surface area contributed by atoms with E-state index in [-0.39, 0.29) is 16.5 Å². The van der Waals surface area contributed by atoms with Gasteiger partial charge in [-0.1, -0.05) is 0 Å². The smallest absolute Gasteiger partial charge is 0.300 e. The molecule has 1 aromatic carbocycles. The number of nitro groups is 3. The zero-order valence-electron chi connectivity index (χ0n) is 12.0. The van der Waals surface area contributed by atoms with Gasteiger partial charge in [0.1, 0.15) is 5.52 Å². The van der Waals surface area contributed by atoms with Crippen LogP contribution in [-0.2, 0) is 7.05 Å². The van der Waals surface area contributed by atoms with Gasteiger partial charge in [-0.3, -0.25) is 35.1 Å². The molecule has 0 saturated heterocycles. The van der Waals surface area contributed by atoms with Gasteiger partial charge >= 0.3 is 0 Å². The van der Waals surface area contributed by atoms with Gasteiger partial charge in [0.05, 0.1) is 15.9 Å². The number of fused-ring (bicyclic) bond motifs is 1. The van der Waals surface area contributed by atoms with Crippen LogP contribution in [0.25, 0.3) is 10.9 Å². The Morgan fingerprint density at radius 1 is 1.04 bits per heavy atom. The van der Waals surface area contributed by atoms with E-state index in [2.05, 4.69) is 0 Å². The molecule has 2 rings (SSSR count). The van der Waals surface area contributed by atoms with E-state index in [4.69, 9.17) is 0 Å². The Bertz CT molecular complexity index is 918. The van der Waals surface area contributed by atoms with Crippen LogP contribution in [0.15, 0.2) is 23.0 Å². The van der Waals surface area contributed by atoms with Crippen LogP contribution in [-0.4, -0.2) is 19.3 Å². The summed E-state index contributed by atoms with van der Waals surface area (Å²) in [5, 5.41) is 33.1. The lowest BCUT2D eigenvalue weighted by molar-refractivity contribution is -0.524. The van der Waals surface area contributed by atoms with Crippen LogP contribution in [0.5, 0.6) is 0 Å². The Morgan fingerprint density at radius 2 is 1.65 bits per heavy atom. The van der Waals surface area contributed by atoms with E-state index in [1.807, 2.05) is 0 Å². The Balaban J connectivity index is 3.08. The van der Waals surface area contributed by atoms with E-state index < -0.39 is 37.7 Å². The van der Waals surface area contributed by atoms with Gasteiger partial charge < -0.3 is 4.57 Å². The highest BCUT2D eigenvalue weighted by Crippen LogP contribution is 2.34. The quantitative estimate of drug-likeness (QED) is 0.613. The summed E-state index contributed by atoms with van der Waals surface area (Å²) in [6.07, 6.45) is 0. The van der Waals surface area contributed by atoms with Crippen molar-refractivity contribution in [1.82, 2.24) is 4.57 Å². The van der Waals surface area contributed by atoms with Crippen molar-refractivity contribution in [2.45, 2.75) is 13.0 Å². The minimum Gasteiger partial charge on any atom is -0.305 e. The van der Waals surface area contributed by atoms with Crippen molar-refractivity contribution in [3.63, 3.8) is 0 Å². The van der Waals surface area contributed by atoms with Crippen LogP contribution in [0.2, 0.25) is 0 Å². The molecule has 0 aliphatic rings. The van der Waals surface area contributed by atoms with Crippen molar-refractivity contribution in [2.24, 2.45) is 7.05 Å². The van der Waals surface area contributed by atoms with Gasteiger partial charge in [0, 0.05) is 42.0 Å². The lowest BCUT2D eigenvalue weighted by Gasteiger charge is -2.11. The normalized spacial score (nSPS) is 12.1. The van der Waals surface area contributed by atoms with E-state index in [1.54, 1.807) is 0 Å². The largest absolute Gasteiger partial charge is 0.305 e. The molecule has 2 aromatic rings. The molecule has 0 fully saturated rings. The molecule has 1 atom stereocenters. The summed E-state index contributed by atoms with van der Waals surface area (Å²) >= 11 is 0. The molecule has 0 amide bonds. The molecule has 120 valence electrons. The number of non-ortho nitro benzene ring substituents is 2. The number of hydrogen-bond acceptors (Lipinski definition) is 7. The van der Waals surface area contributed by atoms with Crippen molar-refractivity contribution in [1.29, 1.82) is 0 Å². The third-order valence-corrected chi connectivity index (χ3v) is 3.50. The molecule has 0 N–H and O–H groups in total. The first-order chi connectivity index (χ1) is 10.6. The first-order valence-corrected chi connectivity index (χ1v) is 6.25. The molecule has 0 aliphatic carbocycles. The second-order valence-electron chi connectivity index (χ2n) is 4.83.